The first-order chi connectivity index (χ1) is 7.22. The molecule has 0 radical (unpaired) electrons. The van der Waals surface area contributed by atoms with Gasteiger partial charge in [0.1, 0.15) is 4.90 Å². The second kappa shape index (κ2) is 6.02. The van der Waals surface area contributed by atoms with Crippen LogP contribution in [-0.2, 0) is 10.0 Å². The minimum absolute atomic E-state index is 0. The second-order valence-electron chi connectivity index (χ2n) is 4.24. The van der Waals surface area contributed by atoms with Gasteiger partial charge in [-0.15, -0.1) is 12.4 Å². The summed E-state index contributed by atoms with van der Waals surface area (Å²) in [4.78, 5) is 0.0703. The Morgan fingerprint density at radius 2 is 1.88 bits per heavy atom. The average Bonchev–Trinajstić information content (AvgIpc) is 2.14. The zero-order chi connectivity index (χ0) is 12.4. The van der Waals surface area contributed by atoms with Crippen molar-refractivity contribution in [3.63, 3.8) is 0 Å². The Bertz CT molecular complexity index is 469. The minimum Gasteiger partial charge on any atom is -0.324 e. The van der Waals surface area contributed by atoms with Gasteiger partial charge in [-0.25, -0.2) is 13.1 Å². The number of rotatable bonds is 4. The zero-order valence-electron chi connectivity index (χ0n) is 9.60. The van der Waals surface area contributed by atoms with Crippen molar-refractivity contribution in [1.82, 2.24) is 4.72 Å². The van der Waals surface area contributed by atoms with Crippen LogP contribution in [0.15, 0.2) is 29.2 Å². The number of sulfonamides is 1. The highest BCUT2D eigenvalue weighted by atomic mass is 35.5. The van der Waals surface area contributed by atoms with Gasteiger partial charge < -0.3 is 5.73 Å². The number of benzene rings is 1. The smallest absolute Gasteiger partial charge is 0.242 e. The number of hydrogen-bond acceptors (Lipinski definition) is 3. The fourth-order valence-electron chi connectivity index (χ4n) is 1.02. The molecule has 0 unspecified atom stereocenters. The molecule has 0 aliphatic rings. The lowest BCUT2D eigenvalue weighted by molar-refractivity contribution is 0.498. The third-order valence-electron chi connectivity index (χ3n) is 1.84. The highest BCUT2D eigenvalue weighted by molar-refractivity contribution is 7.89. The molecule has 0 saturated heterocycles. The minimum atomic E-state index is -3.59. The third kappa shape index (κ3) is 5.23. The summed E-state index contributed by atoms with van der Waals surface area (Å²) in [6.07, 6.45) is 0. The van der Waals surface area contributed by atoms with Gasteiger partial charge in [0.2, 0.25) is 10.0 Å². The van der Waals surface area contributed by atoms with E-state index in [0.717, 1.165) is 0 Å². The molecule has 0 saturated carbocycles. The normalized spacial score (nSPS) is 12.0. The summed E-state index contributed by atoms with van der Waals surface area (Å²) < 4.78 is 26.1. The monoisotopic (exact) mass is 298 g/mol. The van der Waals surface area contributed by atoms with Gasteiger partial charge in [0.05, 0.1) is 5.02 Å². The van der Waals surface area contributed by atoms with Crippen LogP contribution in [0.1, 0.15) is 13.8 Å². The molecule has 1 aromatic rings. The molecule has 0 bridgehead atoms. The molecule has 1 rings (SSSR count). The maximum atomic E-state index is 11.8. The van der Waals surface area contributed by atoms with E-state index in [2.05, 4.69) is 4.72 Å². The van der Waals surface area contributed by atoms with Gasteiger partial charge >= 0.3 is 0 Å². The molecule has 0 aromatic heterocycles. The van der Waals surface area contributed by atoms with E-state index in [9.17, 15) is 8.42 Å². The van der Waals surface area contributed by atoms with Crippen LogP contribution >= 0.6 is 24.0 Å². The first-order valence-electron chi connectivity index (χ1n) is 4.75. The quantitative estimate of drug-likeness (QED) is 0.890. The van der Waals surface area contributed by atoms with Gasteiger partial charge in [0, 0.05) is 12.1 Å². The molecule has 0 aliphatic heterocycles. The third-order valence-corrected chi connectivity index (χ3v) is 3.75. The van der Waals surface area contributed by atoms with Crippen molar-refractivity contribution in [1.29, 1.82) is 0 Å². The van der Waals surface area contributed by atoms with Crippen LogP contribution in [0.3, 0.4) is 0 Å². The van der Waals surface area contributed by atoms with Gasteiger partial charge in [-0.05, 0) is 26.0 Å². The molecular weight excluding hydrogens is 283 g/mol. The first-order valence-corrected chi connectivity index (χ1v) is 6.61. The van der Waals surface area contributed by atoms with E-state index in [1.165, 1.54) is 12.1 Å². The van der Waals surface area contributed by atoms with E-state index in [1.807, 2.05) is 0 Å². The van der Waals surface area contributed by atoms with Crippen molar-refractivity contribution in [2.45, 2.75) is 24.3 Å². The number of nitrogens with one attached hydrogen (secondary N) is 1. The SMILES string of the molecule is CC(C)(N)CNS(=O)(=O)c1ccccc1Cl.Cl. The lowest BCUT2D eigenvalue weighted by atomic mass is 10.1. The first kappa shape index (κ1) is 16.7. The summed E-state index contributed by atoms with van der Waals surface area (Å²) in [6.45, 7) is 3.63. The molecule has 1 aromatic carbocycles. The summed E-state index contributed by atoms with van der Waals surface area (Å²) in [7, 11) is -3.59. The molecule has 0 spiro atoms. The van der Waals surface area contributed by atoms with Gasteiger partial charge in [0.15, 0.2) is 0 Å². The van der Waals surface area contributed by atoms with Crippen molar-refractivity contribution in [3.8, 4) is 0 Å². The molecule has 0 fully saturated rings. The summed E-state index contributed by atoms with van der Waals surface area (Å²) in [5, 5.41) is 0.199. The van der Waals surface area contributed by atoms with Crippen molar-refractivity contribution in [3.05, 3.63) is 29.3 Å². The van der Waals surface area contributed by atoms with Crippen LogP contribution in [0.2, 0.25) is 5.02 Å². The molecule has 3 N–H and O–H groups in total. The number of hydrogen-bond donors (Lipinski definition) is 2. The zero-order valence-corrected chi connectivity index (χ0v) is 12.0. The standard InChI is InChI=1S/C10H15ClN2O2S.ClH/c1-10(2,12)7-13-16(14,15)9-6-4-3-5-8(9)11;/h3-6,13H,7,12H2,1-2H3;1H. The Hall–Kier alpha value is -0.330. The fourth-order valence-corrected chi connectivity index (χ4v) is 2.76. The van der Waals surface area contributed by atoms with Crippen molar-refractivity contribution in [2.24, 2.45) is 5.73 Å². The van der Waals surface area contributed by atoms with Crippen LogP contribution in [0.25, 0.3) is 0 Å². The van der Waals surface area contributed by atoms with E-state index in [0.29, 0.717) is 0 Å². The molecular formula is C10H16Cl2N2O2S. The lowest BCUT2D eigenvalue weighted by Crippen LogP contribution is -2.45. The van der Waals surface area contributed by atoms with Gasteiger partial charge in [-0.3, -0.25) is 0 Å². The molecule has 0 amide bonds. The average molecular weight is 299 g/mol. The van der Waals surface area contributed by atoms with Gasteiger partial charge in [-0.1, -0.05) is 23.7 Å². The highest BCUT2D eigenvalue weighted by Crippen LogP contribution is 2.20. The van der Waals surface area contributed by atoms with Crippen molar-refractivity contribution >= 4 is 34.0 Å². The Morgan fingerprint density at radius 1 is 1.35 bits per heavy atom. The topological polar surface area (TPSA) is 72.2 Å². The summed E-state index contributed by atoms with van der Waals surface area (Å²) in [5.74, 6) is 0. The predicted molar refractivity (Wildman–Crippen MR) is 72.2 cm³/mol. The Balaban J connectivity index is 0.00000256. The van der Waals surface area contributed by atoms with Crippen molar-refractivity contribution < 1.29 is 8.42 Å². The molecule has 0 heterocycles. The van der Waals surface area contributed by atoms with E-state index < -0.39 is 15.6 Å². The fraction of sp³-hybridized carbons (Fsp3) is 0.400. The number of nitrogens with two attached hydrogens (primary N) is 1. The lowest BCUT2D eigenvalue weighted by Gasteiger charge is -2.19. The van der Waals surface area contributed by atoms with E-state index in [1.54, 1.807) is 26.0 Å². The Kier molecular flexibility index (Phi) is 5.90. The maximum Gasteiger partial charge on any atom is 0.242 e. The van der Waals surface area contributed by atoms with Crippen LogP contribution in [0.5, 0.6) is 0 Å². The predicted octanol–water partition coefficient (Wildman–Crippen LogP) is 1.78. The Morgan fingerprint density at radius 3 is 2.35 bits per heavy atom. The van der Waals surface area contributed by atoms with Crippen LogP contribution in [0, 0.1) is 0 Å². The van der Waals surface area contributed by atoms with E-state index >= 15 is 0 Å². The molecule has 0 atom stereocenters. The molecule has 0 aliphatic carbocycles. The number of halogens is 2. The molecule has 98 valence electrons. The summed E-state index contributed by atoms with van der Waals surface area (Å²) >= 11 is 5.81. The summed E-state index contributed by atoms with van der Waals surface area (Å²) in [5.41, 5.74) is 5.10. The maximum absolute atomic E-state index is 11.8. The van der Waals surface area contributed by atoms with Gasteiger partial charge in [0.25, 0.3) is 0 Å². The molecule has 4 nitrogen and oxygen atoms in total. The highest BCUT2D eigenvalue weighted by Gasteiger charge is 2.20. The van der Waals surface area contributed by atoms with Crippen LogP contribution in [0.4, 0.5) is 0 Å². The van der Waals surface area contributed by atoms with Gasteiger partial charge in [-0.2, -0.15) is 0 Å². The molecule has 7 heteroatoms. The van der Waals surface area contributed by atoms with Crippen LogP contribution < -0.4 is 10.5 Å². The molecule has 17 heavy (non-hydrogen) atoms. The van der Waals surface area contributed by atoms with Crippen LogP contribution in [-0.4, -0.2) is 20.5 Å². The van der Waals surface area contributed by atoms with Crippen molar-refractivity contribution in [2.75, 3.05) is 6.54 Å². The Labute approximate surface area is 113 Å². The van der Waals surface area contributed by atoms with E-state index in [4.69, 9.17) is 17.3 Å². The second-order valence-corrected chi connectivity index (χ2v) is 6.39. The van der Waals surface area contributed by atoms with E-state index in [-0.39, 0.29) is 28.9 Å². The summed E-state index contributed by atoms with van der Waals surface area (Å²) in [6, 6.07) is 6.28. The largest absolute Gasteiger partial charge is 0.324 e.